The van der Waals surface area contributed by atoms with Crippen molar-refractivity contribution in [1.29, 1.82) is 0 Å². The predicted molar refractivity (Wildman–Crippen MR) is 79.9 cm³/mol. The van der Waals surface area contributed by atoms with Gasteiger partial charge in [0.2, 0.25) is 0 Å². The summed E-state index contributed by atoms with van der Waals surface area (Å²) >= 11 is -0.184. The zero-order chi connectivity index (χ0) is 14.9. The molecule has 0 unspecified atom stereocenters. The van der Waals surface area contributed by atoms with Gasteiger partial charge in [-0.15, -0.1) is 0 Å². The smallest absolute Gasteiger partial charge is 0.357 e. The van der Waals surface area contributed by atoms with E-state index >= 15 is 0 Å². The van der Waals surface area contributed by atoms with Crippen molar-refractivity contribution in [3.05, 3.63) is 55.7 Å². The number of hydrogen-bond acceptors (Lipinski definition) is 4. The highest BCUT2D eigenvalue weighted by Gasteiger charge is 2.15. The van der Waals surface area contributed by atoms with Crippen LogP contribution in [0.4, 0.5) is 0 Å². The summed E-state index contributed by atoms with van der Waals surface area (Å²) in [5, 5.41) is 2.95. The van der Waals surface area contributed by atoms with Gasteiger partial charge in [-0.1, -0.05) is 0 Å². The SMILES string of the molecule is CN=COc1ccc([I+]c2ccc(OCNC)cc2)cc1. The Morgan fingerprint density at radius 2 is 1.57 bits per heavy atom. The van der Waals surface area contributed by atoms with Crippen molar-refractivity contribution in [3.8, 4) is 11.5 Å². The Labute approximate surface area is 135 Å². The molecular formula is C16H18IN2O2+. The van der Waals surface area contributed by atoms with Crippen molar-refractivity contribution >= 4 is 6.40 Å². The molecule has 21 heavy (non-hydrogen) atoms. The maximum absolute atomic E-state index is 5.49. The molecule has 0 aliphatic carbocycles. The number of aliphatic imine (C=N–C) groups is 1. The van der Waals surface area contributed by atoms with Gasteiger partial charge in [0.25, 0.3) is 0 Å². The molecule has 0 atom stereocenters. The second-order valence-corrected chi connectivity index (χ2v) is 7.16. The molecule has 0 heterocycles. The fourth-order valence-corrected chi connectivity index (χ4v) is 3.72. The molecule has 0 bridgehead atoms. The van der Waals surface area contributed by atoms with Crippen LogP contribution < -0.4 is 36.0 Å². The highest BCUT2D eigenvalue weighted by atomic mass is 127. The third kappa shape index (κ3) is 5.35. The summed E-state index contributed by atoms with van der Waals surface area (Å²) in [6.07, 6.45) is 1.44. The van der Waals surface area contributed by atoms with E-state index in [2.05, 4.69) is 34.6 Å². The quantitative estimate of drug-likeness (QED) is 0.294. The second-order valence-electron chi connectivity index (χ2n) is 4.13. The molecule has 0 saturated carbocycles. The molecular weight excluding hydrogens is 379 g/mol. The largest absolute Gasteiger partial charge is 0.478 e. The van der Waals surface area contributed by atoms with Gasteiger partial charge in [-0.05, 0) is 55.6 Å². The van der Waals surface area contributed by atoms with Crippen LogP contribution in [0.5, 0.6) is 11.5 Å². The van der Waals surface area contributed by atoms with Crippen LogP contribution >= 0.6 is 0 Å². The van der Waals surface area contributed by atoms with Crippen LogP contribution in [0.1, 0.15) is 0 Å². The highest BCUT2D eigenvalue weighted by molar-refractivity contribution is 5.51. The van der Waals surface area contributed by atoms with Gasteiger partial charge in [0.15, 0.2) is 13.5 Å². The van der Waals surface area contributed by atoms with E-state index in [1.807, 2.05) is 31.3 Å². The molecule has 0 aromatic heterocycles. The molecule has 5 heteroatoms. The van der Waals surface area contributed by atoms with E-state index in [9.17, 15) is 0 Å². The number of halogens is 1. The van der Waals surface area contributed by atoms with Crippen molar-refractivity contribution in [2.24, 2.45) is 4.99 Å². The minimum absolute atomic E-state index is 0.184. The molecule has 4 nitrogen and oxygen atoms in total. The minimum Gasteiger partial charge on any atom is -0.478 e. The molecule has 0 spiro atoms. The lowest BCUT2D eigenvalue weighted by Gasteiger charge is -2.03. The van der Waals surface area contributed by atoms with Crippen LogP contribution in [0.25, 0.3) is 0 Å². The Bertz CT molecular complexity index is 568. The number of hydrogen-bond donors (Lipinski definition) is 1. The zero-order valence-corrected chi connectivity index (χ0v) is 14.2. The summed E-state index contributed by atoms with van der Waals surface area (Å²) in [6, 6.07) is 16.5. The van der Waals surface area contributed by atoms with E-state index in [1.54, 1.807) is 7.05 Å². The normalized spacial score (nSPS) is 10.8. The fourth-order valence-electron chi connectivity index (χ4n) is 1.57. The van der Waals surface area contributed by atoms with Crippen molar-refractivity contribution in [1.82, 2.24) is 5.32 Å². The average Bonchev–Trinajstić information content (AvgIpc) is 2.53. The van der Waals surface area contributed by atoms with Gasteiger partial charge in [-0.2, -0.15) is 0 Å². The van der Waals surface area contributed by atoms with Gasteiger partial charge >= 0.3 is 21.2 Å². The number of rotatable bonds is 7. The molecule has 0 aliphatic heterocycles. The van der Waals surface area contributed by atoms with Gasteiger partial charge in [0.1, 0.15) is 18.2 Å². The summed E-state index contributed by atoms with van der Waals surface area (Å²) in [5.41, 5.74) is 0. The van der Waals surface area contributed by atoms with E-state index in [0.29, 0.717) is 6.73 Å². The molecule has 2 aromatic carbocycles. The van der Waals surface area contributed by atoms with Gasteiger partial charge in [-0.3, -0.25) is 10.3 Å². The van der Waals surface area contributed by atoms with E-state index in [-0.39, 0.29) is 21.2 Å². The Hall–Kier alpha value is -1.60. The lowest BCUT2D eigenvalue weighted by Crippen LogP contribution is -3.61. The first-order chi connectivity index (χ1) is 10.3. The fraction of sp³-hybridized carbons (Fsp3) is 0.188. The minimum atomic E-state index is -0.184. The number of nitrogens with one attached hydrogen (secondary N) is 1. The summed E-state index contributed by atoms with van der Waals surface area (Å²) < 4.78 is 13.5. The van der Waals surface area contributed by atoms with Gasteiger partial charge < -0.3 is 9.47 Å². The summed E-state index contributed by atoms with van der Waals surface area (Å²) in [6.45, 7) is 0.525. The van der Waals surface area contributed by atoms with Crippen LogP contribution in [0.3, 0.4) is 0 Å². The maximum atomic E-state index is 5.49. The molecule has 0 saturated heterocycles. The van der Waals surface area contributed by atoms with Crippen molar-refractivity contribution in [2.75, 3.05) is 20.8 Å². The zero-order valence-electron chi connectivity index (χ0n) is 12.0. The Balaban J connectivity index is 1.94. The third-order valence-corrected chi connectivity index (χ3v) is 5.21. The van der Waals surface area contributed by atoms with Crippen molar-refractivity contribution < 1.29 is 30.7 Å². The lowest BCUT2D eigenvalue weighted by atomic mass is 10.3. The molecule has 2 rings (SSSR count). The number of ether oxygens (including phenoxy) is 2. The van der Waals surface area contributed by atoms with Gasteiger partial charge in [0.05, 0.1) is 0 Å². The molecule has 1 N–H and O–H groups in total. The summed E-state index contributed by atoms with van der Waals surface area (Å²) in [5.74, 6) is 1.70. The van der Waals surface area contributed by atoms with Crippen LogP contribution in [0.2, 0.25) is 0 Å². The number of benzene rings is 2. The third-order valence-electron chi connectivity index (χ3n) is 2.52. The first-order valence-electron chi connectivity index (χ1n) is 6.51. The molecule has 110 valence electrons. The van der Waals surface area contributed by atoms with Crippen LogP contribution in [0, 0.1) is 7.14 Å². The molecule has 0 radical (unpaired) electrons. The standard InChI is InChI=1S/C16H18IN2O2/c1-18-11-20-15-7-3-13(4-8-15)17-14-5-9-16(10-6-14)21-12-19-2/h3-11,19H,12H2,1-2H3/q+1. The molecule has 0 aliphatic rings. The molecule has 2 aromatic rings. The first-order valence-corrected chi connectivity index (χ1v) is 8.67. The Morgan fingerprint density at radius 1 is 1.00 bits per heavy atom. The second kappa shape index (κ2) is 8.63. The molecule has 0 amide bonds. The average molecular weight is 397 g/mol. The first kappa shape index (κ1) is 15.8. The predicted octanol–water partition coefficient (Wildman–Crippen LogP) is -0.592. The van der Waals surface area contributed by atoms with Crippen LogP contribution in [0.15, 0.2) is 53.5 Å². The van der Waals surface area contributed by atoms with Crippen molar-refractivity contribution in [3.63, 3.8) is 0 Å². The number of nitrogens with zero attached hydrogens (tertiary/aromatic N) is 1. The Morgan fingerprint density at radius 3 is 2.10 bits per heavy atom. The van der Waals surface area contributed by atoms with Crippen molar-refractivity contribution in [2.45, 2.75) is 0 Å². The highest BCUT2D eigenvalue weighted by Crippen LogP contribution is 2.08. The lowest BCUT2D eigenvalue weighted by molar-refractivity contribution is -0.597. The van der Waals surface area contributed by atoms with E-state index in [0.717, 1.165) is 11.5 Å². The van der Waals surface area contributed by atoms with E-state index in [4.69, 9.17) is 9.47 Å². The van der Waals surface area contributed by atoms with E-state index < -0.39 is 0 Å². The topological polar surface area (TPSA) is 42.9 Å². The summed E-state index contributed by atoms with van der Waals surface area (Å²) in [4.78, 5) is 3.79. The van der Waals surface area contributed by atoms with Crippen LogP contribution in [-0.2, 0) is 0 Å². The monoisotopic (exact) mass is 397 g/mol. The summed E-state index contributed by atoms with van der Waals surface area (Å²) in [7, 11) is 3.55. The van der Waals surface area contributed by atoms with Crippen LogP contribution in [-0.4, -0.2) is 27.2 Å². The van der Waals surface area contributed by atoms with Gasteiger partial charge in [-0.25, -0.2) is 0 Å². The Kier molecular flexibility index (Phi) is 6.49. The van der Waals surface area contributed by atoms with E-state index in [1.165, 1.54) is 13.5 Å². The molecule has 0 fully saturated rings. The van der Waals surface area contributed by atoms with Gasteiger partial charge in [0, 0.05) is 7.05 Å². The maximum Gasteiger partial charge on any atom is 0.357 e.